The number of nitrogens with one attached hydrogen (secondary N) is 1. The minimum absolute atomic E-state index is 0.136. The number of benzene rings is 1. The molecule has 2 heterocycles. The van der Waals surface area contributed by atoms with Crippen LogP contribution >= 0.6 is 23.6 Å². The number of hydrogen-bond donors (Lipinski definition) is 1. The summed E-state index contributed by atoms with van der Waals surface area (Å²) in [6.45, 7) is 3.95. The zero-order chi connectivity index (χ0) is 16.4. The van der Waals surface area contributed by atoms with Crippen molar-refractivity contribution in [1.82, 2.24) is 9.72 Å². The van der Waals surface area contributed by atoms with Gasteiger partial charge in [0.25, 0.3) is 0 Å². The molecule has 118 valence electrons. The van der Waals surface area contributed by atoms with Gasteiger partial charge in [-0.05, 0) is 31.6 Å². The average Bonchev–Trinajstić information content (AvgIpc) is 3.07. The van der Waals surface area contributed by atoms with Gasteiger partial charge in [-0.2, -0.15) is 0 Å². The van der Waals surface area contributed by atoms with E-state index >= 15 is 0 Å². The van der Waals surface area contributed by atoms with Gasteiger partial charge in [0.15, 0.2) is 9.77 Å². The van der Waals surface area contributed by atoms with E-state index in [9.17, 15) is 4.79 Å². The maximum absolute atomic E-state index is 12.2. The van der Waals surface area contributed by atoms with Crippen LogP contribution in [0.25, 0.3) is 11.3 Å². The van der Waals surface area contributed by atoms with Crippen LogP contribution in [0.4, 0.5) is 5.82 Å². The lowest BCUT2D eigenvalue weighted by Gasteiger charge is -2.08. The van der Waals surface area contributed by atoms with Crippen LogP contribution in [-0.4, -0.2) is 15.6 Å². The molecule has 0 atom stereocenters. The Morgan fingerprint density at radius 1 is 1.35 bits per heavy atom. The van der Waals surface area contributed by atoms with Crippen molar-refractivity contribution < 1.29 is 9.32 Å². The van der Waals surface area contributed by atoms with Crippen LogP contribution < -0.4 is 5.32 Å². The third-order valence-electron chi connectivity index (χ3n) is 3.33. The highest BCUT2D eigenvalue weighted by molar-refractivity contribution is 7.73. The first-order chi connectivity index (χ1) is 11.0. The van der Waals surface area contributed by atoms with E-state index in [1.165, 1.54) is 16.9 Å². The van der Waals surface area contributed by atoms with Gasteiger partial charge in [-0.1, -0.05) is 35.0 Å². The Hall–Kier alpha value is -2.25. The molecule has 0 fully saturated rings. The van der Waals surface area contributed by atoms with Crippen LogP contribution in [0.3, 0.4) is 0 Å². The second-order valence-electron chi connectivity index (χ2n) is 5.21. The summed E-state index contributed by atoms with van der Waals surface area (Å²) in [4.78, 5) is 12.2. The predicted molar refractivity (Wildman–Crippen MR) is 93.2 cm³/mol. The Morgan fingerprint density at radius 3 is 2.74 bits per heavy atom. The molecule has 0 aliphatic rings. The van der Waals surface area contributed by atoms with E-state index in [0.717, 1.165) is 11.3 Å². The molecular weight excluding hydrogens is 330 g/mol. The van der Waals surface area contributed by atoms with E-state index in [1.807, 2.05) is 41.1 Å². The van der Waals surface area contributed by atoms with Crippen molar-refractivity contribution in [2.75, 3.05) is 5.32 Å². The highest BCUT2D eigenvalue weighted by Crippen LogP contribution is 2.24. The smallest absolute Gasteiger partial charge is 0.245 e. The summed E-state index contributed by atoms with van der Waals surface area (Å²) in [5.41, 5.74) is 3.16. The summed E-state index contributed by atoms with van der Waals surface area (Å²) in [5.74, 6) is 0.861. The molecular formula is C16H15N3O2S2. The molecule has 0 bridgehead atoms. The van der Waals surface area contributed by atoms with Gasteiger partial charge in [0.2, 0.25) is 5.91 Å². The van der Waals surface area contributed by atoms with Gasteiger partial charge in [-0.25, -0.2) is 0 Å². The van der Waals surface area contributed by atoms with E-state index in [4.69, 9.17) is 16.7 Å². The molecule has 7 heteroatoms. The molecule has 0 aliphatic carbocycles. The number of thiazole rings is 1. The quantitative estimate of drug-likeness (QED) is 0.720. The number of rotatable bonds is 4. The van der Waals surface area contributed by atoms with Crippen molar-refractivity contribution in [3.8, 4) is 11.3 Å². The Kier molecular flexibility index (Phi) is 4.40. The number of carbonyl (C=O) groups is 1. The SMILES string of the molecule is Cc1ccc(-c2csc(=S)n2CC(=O)Nc2cc(C)on2)cc1. The summed E-state index contributed by atoms with van der Waals surface area (Å²) in [5, 5.41) is 8.44. The highest BCUT2D eigenvalue weighted by Gasteiger charge is 2.12. The number of nitrogens with zero attached hydrogens (tertiary/aromatic N) is 2. The van der Waals surface area contributed by atoms with Crippen molar-refractivity contribution >= 4 is 35.3 Å². The first-order valence-corrected chi connectivity index (χ1v) is 8.30. The molecule has 0 saturated carbocycles. The molecule has 0 saturated heterocycles. The molecule has 2 aromatic heterocycles. The topological polar surface area (TPSA) is 60.1 Å². The van der Waals surface area contributed by atoms with Gasteiger partial charge in [0, 0.05) is 11.4 Å². The Morgan fingerprint density at radius 2 is 2.09 bits per heavy atom. The summed E-state index contributed by atoms with van der Waals surface area (Å²) in [6.07, 6.45) is 0. The lowest BCUT2D eigenvalue weighted by molar-refractivity contribution is -0.116. The minimum Gasteiger partial charge on any atom is -0.360 e. The van der Waals surface area contributed by atoms with E-state index in [0.29, 0.717) is 15.5 Å². The maximum atomic E-state index is 12.2. The molecule has 0 spiro atoms. The standard InChI is InChI=1S/C16H15N3O2S2/c1-10-3-5-12(6-4-10)13-9-23-16(22)19(13)8-15(20)17-14-7-11(2)21-18-14/h3-7,9H,8H2,1-2H3,(H,17,18,20). The number of amides is 1. The third-order valence-corrected chi connectivity index (χ3v) is 4.60. The molecule has 0 radical (unpaired) electrons. The van der Waals surface area contributed by atoms with Crippen molar-refractivity contribution in [3.63, 3.8) is 0 Å². The number of hydrogen-bond acceptors (Lipinski definition) is 5. The fourth-order valence-corrected chi connectivity index (χ4v) is 3.25. The Labute approximate surface area is 142 Å². The van der Waals surface area contributed by atoms with Crippen LogP contribution in [0.2, 0.25) is 0 Å². The number of carbonyl (C=O) groups excluding carboxylic acids is 1. The molecule has 0 aliphatic heterocycles. The van der Waals surface area contributed by atoms with Gasteiger partial charge in [-0.3, -0.25) is 4.79 Å². The fraction of sp³-hybridized carbons (Fsp3) is 0.188. The molecule has 3 aromatic rings. The first kappa shape index (κ1) is 15.6. The van der Waals surface area contributed by atoms with E-state index < -0.39 is 0 Å². The van der Waals surface area contributed by atoms with Gasteiger partial charge in [-0.15, -0.1) is 11.3 Å². The Balaban J connectivity index is 1.82. The van der Waals surface area contributed by atoms with Crippen molar-refractivity contribution in [2.24, 2.45) is 0 Å². The molecule has 23 heavy (non-hydrogen) atoms. The predicted octanol–water partition coefficient (Wildman–Crippen LogP) is 4.19. The van der Waals surface area contributed by atoms with Crippen LogP contribution in [0.5, 0.6) is 0 Å². The minimum atomic E-state index is -0.193. The second kappa shape index (κ2) is 6.47. The van der Waals surface area contributed by atoms with Crippen LogP contribution in [0, 0.1) is 17.8 Å². The highest BCUT2D eigenvalue weighted by atomic mass is 32.1. The number of aromatic nitrogens is 2. The fourth-order valence-electron chi connectivity index (χ4n) is 2.18. The zero-order valence-electron chi connectivity index (χ0n) is 12.7. The van der Waals surface area contributed by atoms with Crippen LogP contribution in [0.15, 0.2) is 40.2 Å². The molecule has 1 aromatic carbocycles. The average molecular weight is 345 g/mol. The van der Waals surface area contributed by atoms with Crippen molar-refractivity contribution in [1.29, 1.82) is 0 Å². The summed E-state index contributed by atoms with van der Waals surface area (Å²) >= 11 is 6.80. The normalized spacial score (nSPS) is 10.7. The molecule has 1 N–H and O–H groups in total. The molecule has 1 amide bonds. The van der Waals surface area contributed by atoms with Crippen LogP contribution in [0.1, 0.15) is 11.3 Å². The monoisotopic (exact) mass is 345 g/mol. The molecule has 0 unspecified atom stereocenters. The molecule has 3 rings (SSSR count). The van der Waals surface area contributed by atoms with Gasteiger partial charge in [0.1, 0.15) is 12.3 Å². The van der Waals surface area contributed by atoms with Gasteiger partial charge < -0.3 is 14.4 Å². The maximum Gasteiger partial charge on any atom is 0.245 e. The van der Waals surface area contributed by atoms with Crippen molar-refractivity contribution in [2.45, 2.75) is 20.4 Å². The lowest BCUT2D eigenvalue weighted by Crippen LogP contribution is -2.19. The van der Waals surface area contributed by atoms with Gasteiger partial charge >= 0.3 is 0 Å². The summed E-state index contributed by atoms with van der Waals surface area (Å²) < 4.78 is 7.42. The van der Waals surface area contributed by atoms with E-state index in [2.05, 4.69) is 10.5 Å². The number of anilines is 1. The summed E-state index contributed by atoms with van der Waals surface area (Å²) in [7, 11) is 0. The zero-order valence-corrected chi connectivity index (χ0v) is 14.3. The first-order valence-electron chi connectivity index (χ1n) is 7.01. The Bertz CT molecular complexity index is 891. The van der Waals surface area contributed by atoms with Crippen LogP contribution in [-0.2, 0) is 11.3 Å². The second-order valence-corrected chi connectivity index (χ2v) is 6.71. The lowest BCUT2D eigenvalue weighted by atomic mass is 10.1. The van der Waals surface area contributed by atoms with Gasteiger partial charge in [0.05, 0.1) is 5.69 Å². The molecule has 5 nitrogen and oxygen atoms in total. The summed E-state index contributed by atoms with van der Waals surface area (Å²) in [6, 6.07) is 9.81. The van der Waals surface area contributed by atoms with Crippen molar-refractivity contribution in [3.05, 3.63) is 51.0 Å². The largest absolute Gasteiger partial charge is 0.360 e. The number of aryl methyl sites for hydroxylation is 2. The third kappa shape index (κ3) is 3.57. The van der Waals surface area contributed by atoms with E-state index in [-0.39, 0.29) is 12.5 Å². The van der Waals surface area contributed by atoms with E-state index in [1.54, 1.807) is 13.0 Å².